The predicted molar refractivity (Wildman–Crippen MR) is 149 cm³/mol. The van der Waals surface area contributed by atoms with E-state index in [1.54, 1.807) is 22.8 Å². The van der Waals surface area contributed by atoms with Crippen LogP contribution in [0.15, 0.2) is 77.6 Å². The van der Waals surface area contributed by atoms with Gasteiger partial charge in [-0.15, -0.1) is 5.10 Å². The smallest absolute Gasteiger partial charge is 0.411 e. The number of aromatic nitrogens is 6. The maximum absolute atomic E-state index is 13.7. The molecule has 1 unspecified atom stereocenters. The lowest BCUT2D eigenvalue weighted by molar-refractivity contribution is 0.187. The van der Waals surface area contributed by atoms with Crippen molar-refractivity contribution in [2.45, 2.75) is 38.8 Å². The van der Waals surface area contributed by atoms with E-state index >= 15 is 0 Å². The molecule has 0 saturated carbocycles. The Morgan fingerprint density at radius 2 is 1.88 bits per heavy atom. The summed E-state index contributed by atoms with van der Waals surface area (Å²) in [6.07, 6.45) is 1.44. The fraction of sp³-hybridized carbons (Fsp3) is 0.241. The minimum Gasteiger partial charge on any atom is -0.478 e. The highest BCUT2D eigenvalue weighted by molar-refractivity contribution is 5.89. The highest BCUT2D eigenvalue weighted by atomic mass is 16.5. The molecule has 2 aromatic heterocycles. The van der Waals surface area contributed by atoms with Gasteiger partial charge in [0.15, 0.2) is 11.9 Å². The van der Waals surface area contributed by atoms with Gasteiger partial charge in [0.2, 0.25) is 0 Å². The molecule has 11 nitrogen and oxygen atoms in total. The van der Waals surface area contributed by atoms with Crippen LogP contribution in [0.2, 0.25) is 0 Å². The van der Waals surface area contributed by atoms with Gasteiger partial charge in [-0.2, -0.15) is 0 Å². The monoisotopic (exact) mass is 539 g/mol. The normalized spacial score (nSPS) is 11.8. The molecule has 5 aromatic rings. The number of H-pyrrole nitrogens is 1. The minimum absolute atomic E-state index is 0.174. The highest BCUT2D eigenvalue weighted by Crippen LogP contribution is 2.26. The average molecular weight is 540 g/mol. The molecule has 0 aliphatic carbocycles. The maximum atomic E-state index is 13.7. The van der Waals surface area contributed by atoms with Gasteiger partial charge in [0.25, 0.3) is 5.56 Å². The number of hydrogen-bond donors (Lipinski definition) is 2. The SMILES string of the molecule is CCCCc1nc2ccc(NC(=O)OC)cc2c(=O)n1Cc1ccc(OC(c2ccccc2)c2nnn[nH]2)cc1. The molecule has 40 heavy (non-hydrogen) atoms. The number of ether oxygens (including phenoxy) is 2. The summed E-state index contributed by atoms with van der Waals surface area (Å²) < 4.78 is 12.6. The maximum Gasteiger partial charge on any atom is 0.411 e. The number of aryl methyl sites for hydroxylation is 1. The van der Waals surface area contributed by atoms with Crippen LogP contribution < -0.4 is 15.6 Å². The average Bonchev–Trinajstić information content (AvgIpc) is 3.52. The van der Waals surface area contributed by atoms with Crippen LogP contribution in [0.3, 0.4) is 0 Å². The quantitative estimate of drug-likeness (QED) is 0.262. The number of unbranched alkanes of at least 4 members (excludes halogenated alkanes) is 1. The van der Waals surface area contributed by atoms with Gasteiger partial charge in [-0.1, -0.05) is 55.8 Å². The summed E-state index contributed by atoms with van der Waals surface area (Å²) >= 11 is 0. The van der Waals surface area contributed by atoms with Crippen LogP contribution in [0.4, 0.5) is 10.5 Å². The van der Waals surface area contributed by atoms with Crippen LogP contribution in [0.5, 0.6) is 5.75 Å². The molecule has 5 rings (SSSR count). The van der Waals surface area contributed by atoms with E-state index in [2.05, 4.69) is 37.6 Å². The van der Waals surface area contributed by atoms with Crippen molar-refractivity contribution in [3.63, 3.8) is 0 Å². The van der Waals surface area contributed by atoms with E-state index in [0.29, 0.717) is 41.1 Å². The number of carbonyl (C=O) groups excluding carboxylic acids is 1. The van der Waals surface area contributed by atoms with Crippen LogP contribution in [0.25, 0.3) is 10.9 Å². The molecule has 0 saturated heterocycles. The van der Waals surface area contributed by atoms with Crippen molar-refractivity contribution in [2.24, 2.45) is 0 Å². The van der Waals surface area contributed by atoms with Crippen molar-refractivity contribution in [1.82, 2.24) is 30.2 Å². The van der Waals surface area contributed by atoms with Gasteiger partial charge in [0.05, 0.1) is 24.6 Å². The third-order valence-corrected chi connectivity index (χ3v) is 6.45. The Balaban J connectivity index is 1.43. The van der Waals surface area contributed by atoms with Crippen molar-refractivity contribution in [3.05, 3.63) is 106 Å². The topological polar surface area (TPSA) is 137 Å². The zero-order valence-electron chi connectivity index (χ0n) is 22.2. The van der Waals surface area contributed by atoms with E-state index in [0.717, 1.165) is 29.8 Å². The standard InChI is InChI=1S/C29H29N7O4/c1-3-4-10-25-31-24-16-13-21(30-29(38)39-2)17-23(24)28(37)36(25)18-19-11-14-22(15-12-19)40-26(27-32-34-35-33-27)20-8-6-5-7-9-20/h5-9,11-17,26H,3-4,10,18H2,1-2H3,(H,30,38)(H,32,33,34,35). The van der Waals surface area contributed by atoms with E-state index < -0.39 is 12.2 Å². The molecule has 2 N–H and O–H groups in total. The minimum atomic E-state index is -0.608. The lowest BCUT2D eigenvalue weighted by Gasteiger charge is -2.18. The van der Waals surface area contributed by atoms with Crippen molar-refractivity contribution in [3.8, 4) is 5.75 Å². The number of methoxy groups -OCH3 is 1. The number of hydrogen-bond acceptors (Lipinski definition) is 8. The molecule has 1 atom stereocenters. The predicted octanol–water partition coefficient (Wildman–Crippen LogP) is 4.65. The fourth-order valence-electron chi connectivity index (χ4n) is 4.38. The molecule has 0 radical (unpaired) electrons. The van der Waals surface area contributed by atoms with Gasteiger partial charge in [0.1, 0.15) is 11.6 Å². The summed E-state index contributed by atoms with van der Waals surface area (Å²) in [5, 5.41) is 17.2. The molecular weight excluding hydrogens is 510 g/mol. The number of benzene rings is 3. The van der Waals surface area contributed by atoms with E-state index in [-0.39, 0.29) is 5.56 Å². The lowest BCUT2D eigenvalue weighted by Crippen LogP contribution is -2.26. The zero-order valence-corrected chi connectivity index (χ0v) is 22.2. The first kappa shape index (κ1) is 26.5. The molecule has 0 bridgehead atoms. The summed E-state index contributed by atoms with van der Waals surface area (Å²) in [7, 11) is 1.29. The molecule has 0 fully saturated rings. The Morgan fingerprint density at radius 3 is 2.58 bits per heavy atom. The van der Waals surface area contributed by atoms with Crippen molar-refractivity contribution >= 4 is 22.7 Å². The Bertz CT molecular complexity index is 1640. The number of carbonyl (C=O) groups is 1. The third-order valence-electron chi connectivity index (χ3n) is 6.45. The molecule has 2 heterocycles. The number of tetrazole rings is 1. The fourth-order valence-corrected chi connectivity index (χ4v) is 4.38. The summed E-state index contributed by atoms with van der Waals surface area (Å²) in [4.78, 5) is 30.1. The van der Waals surface area contributed by atoms with Crippen LogP contribution in [-0.4, -0.2) is 43.4 Å². The second-order valence-electron chi connectivity index (χ2n) is 9.21. The summed E-state index contributed by atoms with van der Waals surface area (Å²) in [6, 6.07) is 22.3. The van der Waals surface area contributed by atoms with Crippen LogP contribution in [0, 0.1) is 0 Å². The zero-order chi connectivity index (χ0) is 27.9. The van der Waals surface area contributed by atoms with Crippen molar-refractivity contribution in [1.29, 1.82) is 0 Å². The number of amides is 1. The Morgan fingerprint density at radius 1 is 1.07 bits per heavy atom. The summed E-state index contributed by atoms with van der Waals surface area (Å²) in [5.74, 6) is 1.84. The number of nitrogens with zero attached hydrogens (tertiary/aromatic N) is 5. The van der Waals surface area contributed by atoms with Crippen LogP contribution in [-0.2, 0) is 17.7 Å². The lowest BCUT2D eigenvalue weighted by atomic mass is 10.1. The van der Waals surface area contributed by atoms with Crippen LogP contribution >= 0.6 is 0 Å². The first-order chi connectivity index (χ1) is 19.6. The molecule has 0 aliphatic rings. The van der Waals surface area contributed by atoms with Gasteiger partial charge in [-0.3, -0.25) is 14.7 Å². The summed E-state index contributed by atoms with van der Waals surface area (Å²) in [6.45, 7) is 2.44. The van der Waals surface area contributed by atoms with Crippen molar-refractivity contribution in [2.75, 3.05) is 12.4 Å². The molecule has 0 aliphatic heterocycles. The molecule has 204 valence electrons. The number of aromatic amines is 1. The highest BCUT2D eigenvalue weighted by Gasteiger charge is 2.20. The van der Waals surface area contributed by atoms with Crippen LogP contribution in [0.1, 0.15) is 48.6 Å². The molecule has 11 heteroatoms. The van der Waals surface area contributed by atoms with Gasteiger partial charge >= 0.3 is 6.09 Å². The number of fused-ring (bicyclic) bond motifs is 1. The first-order valence-corrected chi connectivity index (χ1v) is 13.0. The number of rotatable bonds is 10. The molecule has 1 amide bonds. The first-order valence-electron chi connectivity index (χ1n) is 13.0. The number of nitrogens with one attached hydrogen (secondary N) is 2. The van der Waals surface area contributed by atoms with Crippen molar-refractivity contribution < 1.29 is 14.3 Å². The van der Waals surface area contributed by atoms with E-state index in [9.17, 15) is 9.59 Å². The van der Waals surface area contributed by atoms with E-state index in [1.165, 1.54) is 7.11 Å². The summed E-state index contributed by atoms with van der Waals surface area (Å²) in [5.41, 5.74) is 2.69. The molecule has 0 spiro atoms. The second kappa shape index (κ2) is 12.2. The van der Waals surface area contributed by atoms with Gasteiger partial charge < -0.3 is 9.47 Å². The largest absolute Gasteiger partial charge is 0.478 e. The Labute approximate surface area is 230 Å². The van der Waals surface area contributed by atoms with Gasteiger partial charge in [-0.05, 0) is 52.7 Å². The van der Waals surface area contributed by atoms with E-state index in [4.69, 9.17) is 9.72 Å². The Hall–Kier alpha value is -5.06. The second-order valence-corrected chi connectivity index (χ2v) is 9.21. The van der Waals surface area contributed by atoms with Gasteiger partial charge in [-0.25, -0.2) is 14.9 Å². The van der Waals surface area contributed by atoms with E-state index in [1.807, 2.05) is 54.6 Å². The molecular formula is C29H29N7O4. The third kappa shape index (κ3) is 5.98. The molecule has 3 aromatic carbocycles. The number of anilines is 1. The van der Waals surface area contributed by atoms with Gasteiger partial charge in [0, 0.05) is 17.7 Å². The Kier molecular flexibility index (Phi) is 8.10.